The predicted molar refractivity (Wildman–Crippen MR) is 108 cm³/mol. The Hall–Kier alpha value is -2.55. The van der Waals surface area contributed by atoms with E-state index in [1.807, 2.05) is 19.1 Å². The lowest BCUT2D eigenvalue weighted by atomic mass is 9.84. The molecule has 0 fully saturated rings. The number of hydrogen-bond acceptors (Lipinski definition) is 2. The molecule has 1 aromatic rings. The number of carboxylic acids is 1. The molecular weight excluding hydrogens is 324 g/mol. The average Bonchev–Trinajstić information content (AvgIpc) is 2.52. The Morgan fingerprint density at radius 1 is 1.23 bits per heavy atom. The summed E-state index contributed by atoms with van der Waals surface area (Å²) in [4.78, 5) is 10.6. The van der Waals surface area contributed by atoms with Gasteiger partial charge in [0.1, 0.15) is 12.4 Å². The first-order valence-electron chi connectivity index (χ1n) is 8.83. The van der Waals surface area contributed by atoms with E-state index in [0.29, 0.717) is 12.2 Å². The number of benzene rings is 1. The second-order valence-corrected chi connectivity index (χ2v) is 7.86. The minimum atomic E-state index is -0.933. The topological polar surface area (TPSA) is 46.5 Å². The van der Waals surface area contributed by atoms with Gasteiger partial charge in [-0.3, -0.25) is 0 Å². The number of fused-ring (bicyclic) bond motifs is 1. The van der Waals surface area contributed by atoms with Gasteiger partial charge >= 0.3 is 5.97 Å². The van der Waals surface area contributed by atoms with Crippen molar-refractivity contribution in [2.45, 2.75) is 47.0 Å². The number of aryl methyl sites for hydroxylation is 1. The molecule has 0 amide bonds. The monoisotopic (exact) mass is 352 g/mol. The number of hydrogen-bond donors (Lipinski definition) is 1. The minimum Gasteiger partial charge on any atom is -0.488 e. The molecule has 0 aromatic heterocycles. The van der Waals surface area contributed by atoms with Crippen LogP contribution in [-0.4, -0.2) is 17.7 Å². The molecule has 0 saturated carbocycles. The molecular formula is C23H28O3. The van der Waals surface area contributed by atoms with E-state index in [2.05, 4.69) is 45.9 Å². The van der Waals surface area contributed by atoms with Crippen LogP contribution >= 0.6 is 0 Å². The lowest BCUT2D eigenvalue weighted by Gasteiger charge is -2.25. The molecule has 0 atom stereocenters. The average molecular weight is 352 g/mol. The smallest absolute Gasteiger partial charge is 0.328 e. The first-order valence-corrected chi connectivity index (χ1v) is 8.83. The minimum absolute atomic E-state index is 0.0901. The largest absolute Gasteiger partial charge is 0.488 e. The second-order valence-electron chi connectivity index (χ2n) is 7.86. The van der Waals surface area contributed by atoms with Crippen molar-refractivity contribution in [3.05, 3.63) is 69.8 Å². The molecule has 3 nitrogen and oxygen atoms in total. The number of ether oxygens (including phenoxy) is 1. The first-order chi connectivity index (χ1) is 12.1. The van der Waals surface area contributed by atoms with Gasteiger partial charge in [0, 0.05) is 11.6 Å². The lowest BCUT2D eigenvalue weighted by molar-refractivity contribution is -0.131. The van der Waals surface area contributed by atoms with Crippen LogP contribution in [0.15, 0.2) is 53.2 Å². The maximum atomic E-state index is 10.6. The summed E-state index contributed by atoms with van der Waals surface area (Å²) in [6.45, 7) is 13.1. The summed E-state index contributed by atoms with van der Waals surface area (Å²) in [7, 11) is 0. The Kier molecular flexibility index (Phi) is 5.91. The number of allylic oxidation sites excluding steroid dienone is 4. The zero-order valence-corrected chi connectivity index (χ0v) is 16.5. The van der Waals surface area contributed by atoms with E-state index < -0.39 is 5.97 Å². The molecule has 3 heteroatoms. The quantitative estimate of drug-likeness (QED) is 0.566. The summed E-state index contributed by atoms with van der Waals surface area (Å²) in [5.74, 6) is 0.0307. The molecule has 1 aliphatic heterocycles. The van der Waals surface area contributed by atoms with E-state index in [-0.39, 0.29) is 5.41 Å². The molecule has 1 N–H and O–H groups in total. The number of carboxylic acid groups (broad SMARTS) is 1. The van der Waals surface area contributed by atoms with Crippen molar-refractivity contribution in [1.82, 2.24) is 0 Å². The van der Waals surface area contributed by atoms with Crippen LogP contribution in [0.4, 0.5) is 0 Å². The predicted octanol–water partition coefficient (Wildman–Crippen LogP) is 5.60. The van der Waals surface area contributed by atoms with Crippen LogP contribution in [0, 0.1) is 6.92 Å². The third-order valence-electron chi connectivity index (χ3n) is 4.43. The fourth-order valence-corrected chi connectivity index (χ4v) is 2.84. The normalized spacial score (nSPS) is 15.5. The summed E-state index contributed by atoms with van der Waals surface area (Å²) >= 11 is 0. The molecule has 1 aromatic carbocycles. The highest BCUT2D eigenvalue weighted by atomic mass is 16.5. The highest BCUT2D eigenvalue weighted by Gasteiger charge is 2.20. The third kappa shape index (κ3) is 4.98. The van der Waals surface area contributed by atoms with Crippen LogP contribution < -0.4 is 4.74 Å². The van der Waals surface area contributed by atoms with Crippen molar-refractivity contribution >= 4 is 12.0 Å². The summed E-state index contributed by atoms with van der Waals surface area (Å²) in [5, 5.41) is 8.74. The highest BCUT2D eigenvalue weighted by Crippen LogP contribution is 2.36. The lowest BCUT2D eigenvalue weighted by Crippen LogP contribution is -2.14. The van der Waals surface area contributed by atoms with Crippen LogP contribution in [0.1, 0.15) is 51.3 Å². The van der Waals surface area contributed by atoms with Crippen LogP contribution in [0.25, 0.3) is 6.08 Å². The zero-order valence-electron chi connectivity index (χ0n) is 16.5. The third-order valence-corrected chi connectivity index (χ3v) is 4.43. The number of carbonyl (C=O) groups is 1. The molecule has 0 spiro atoms. The van der Waals surface area contributed by atoms with E-state index in [1.165, 1.54) is 17.2 Å². The van der Waals surface area contributed by atoms with Crippen LogP contribution in [0.5, 0.6) is 5.75 Å². The molecule has 138 valence electrons. The Bertz CT molecular complexity index is 828. The fourth-order valence-electron chi connectivity index (χ4n) is 2.84. The van der Waals surface area contributed by atoms with E-state index in [9.17, 15) is 4.79 Å². The maximum Gasteiger partial charge on any atom is 0.328 e. The van der Waals surface area contributed by atoms with Gasteiger partial charge in [0.15, 0.2) is 0 Å². The van der Waals surface area contributed by atoms with Crippen molar-refractivity contribution in [3.8, 4) is 5.75 Å². The Balaban J connectivity index is 2.31. The summed E-state index contributed by atoms with van der Waals surface area (Å²) in [6.07, 6.45) is 9.03. The molecule has 1 aliphatic rings. The highest BCUT2D eigenvalue weighted by molar-refractivity contribution is 5.81. The van der Waals surface area contributed by atoms with E-state index in [1.54, 1.807) is 13.0 Å². The Labute approximate surface area is 156 Å². The van der Waals surface area contributed by atoms with Crippen LogP contribution in [0.3, 0.4) is 0 Å². The zero-order chi connectivity index (χ0) is 19.5. The number of rotatable bonds is 4. The van der Waals surface area contributed by atoms with Crippen molar-refractivity contribution in [3.63, 3.8) is 0 Å². The van der Waals surface area contributed by atoms with Gasteiger partial charge in [0.2, 0.25) is 0 Å². The van der Waals surface area contributed by atoms with E-state index in [4.69, 9.17) is 9.84 Å². The van der Waals surface area contributed by atoms with Gasteiger partial charge in [0.05, 0.1) is 0 Å². The molecule has 0 radical (unpaired) electrons. The molecule has 0 saturated heterocycles. The van der Waals surface area contributed by atoms with Gasteiger partial charge in [-0.1, -0.05) is 45.1 Å². The number of aliphatic carboxylic acids is 1. The molecule has 26 heavy (non-hydrogen) atoms. The first kappa shape index (κ1) is 19.8. The van der Waals surface area contributed by atoms with Crippen molar-refractivity contribution in [2.75, 3.05) is 6.61 Å². The molecule has 0 bridgehead atoms. The Morgan fingerprint density at radius 3 is 2.54 bits per heavy atom. The van der Waals surface area contributed by atoms with Crippen LogP contribution in [0.2, 0.25) is 0 Å². The van der Waals surface area contributed by atoms with Gasteiger partial charge < -0.3 is 9.84 Å². The summed E-state index contributed by atoms with van der Waals surface area (Å²) in [5.41, 5.74) is 6.61. The second kappa shape index (κ2) is 7.77. The Morgan fingerprint density at radius 2 is 1.92 bits per heavy atom. The maximum absolute atomic E-state index is 10.6. The molecule has 0 aliphatic carbocycles. The molecule has 2 rings (SSSR count). The van der Waals surface area contributed by atoms with Gasteiger partial charge in [-0.15, -0.1) is 0 Å². The van der Waals surface area contributed by atoms with Crippen LogP contribution in [-0.2, 0) is 10.2 Å². The van der Waals surface area contributed by atoms with Gasteiger partial charge in [0.25, 0.3) is 0 Å². The SMILES string of the molecule is CC(C=CC=C(C)C1=Cc2cc(C(C)(C)C)cc(C)c2OC1)=CC(=O)O. The van der Waals surface area contributed by atoms with Crippen molar-refractivity contribution in [2.24, 2.45) is 0 Å². The van der Waals surface area contributed by atoms with Gasteiger partial charge in [-0.05, 0) is 66.2 Å². The summed E-state index contributed by atoms with van der Waals surface area (Å²) < 4.78 is 6.01. The van der Waals surface area contributed by atoms with E-state index in [0.717, 1.165) is 22.5 Å². The summed E-state index contributed by atoms with van der Waals surface area (Å²) in [6, 6.07) is 4.42. The van der Waals surface area contributed by atoms with Crippen molar-refractivity contribution in [1.29, 1.82) is 0 Å². The molecule has 0 unspecified atom stereocenters. The van der Waals surface area contributed by atoms with Gasteiger partial charge in [-0.25, -0.2) is 4.79 Å². The molecule has 1 heterocycles. The standard InChI is InChI=1S/C23H28O3/c1-15(10-21(24)25)8-7-9-16(2)19-12-18-13-20(23(4,5)6)11-17(3)22(18)26-14-19/h7-13H,14H2,1-6H3,(H,24,25). The van der Waals surface area contributed by atoms with Crippen molar-refractivity contribution < 1.29 is 14.6 Å². The van der Waals surface area contributed by atoms with Gasteiger partial charge in [-0.2, -0.15) is 0 Å². The fraction of sp³-hybridized carbons (Fsp3) is 0.348. The van der Waals surface area contributed by atoms with E-state index >= 15 is 0 Å².